The molecular formula is C24H22ClN3O4. The molecule has 164 valence electrons. The Kier molecular flexibility index (Phi) is 5.80. The van der Waals surface area contributed by atoms with Crippen LogP contribution in [0.2, 0.25) is 5.02 Å². The second-order valence-electron chi connectivity index (χ2n) is 7.77. The minimum atomic E-state index is -0.791. The second kappa shape index (κ2) is 8.88. The molecule has 3 atom stereocenters. The Bertz CT molecular complexity index is 1210. The first-order valence-electron chi connectivity index (χ1n) is 10.4. The molecule has 0 aliphatic carbocycles. The fourth-order valence-electron chi connectivity index (χ4n) is 3.85. The number of aliphatic hydroxyl groups excluding tert-OH is 2. The maximum Gasteiger partial charge on any atom is 0.296 e. The van der Waals surface area contributed by atoms with Gasteiger partial charge in [0.1, 0.15) is 17.7 Å². The lowest BCUT2D eigenvalue weighted by atomic mass is 10.0. The van der Waals surface area contributed by atoms with Crippen molar-refractivity contribution in [1.82, 2.24) is 15.0 Å². The quantitative estimate of drug-likeness (QED) is 0.426. The first kappa shape index (κ1) is 20.9. The maximum atomic E-state index is 10.0. The zero-order chi connectivity index (χ0) is 22.1. The molecule has 7 nitrogen and oxygen atoms in total. The average Bonchev–Trinajstić information content (AvgIpc) is 3.20. The van der Waals surface area contributed by atoms with Crippen LogP contribution in [0.25, 0.3) is 33.5 Å². The average molecular weight is 452 g/mol. The number of aromatic nitrogens is 3. The molecule has 3 N–H and O–H groups in total. The number of halogens is 1. The number of hydrogen-bond donors (Lipinski definition) is 3. The number of nitrogens with one attached hydrogen (secondary N) is 1. The molecule has 0 bridgehead atoms. The van der Waals surface area contributed by atoms with Crippen molar-refractivity contribution in [2.24, 2.45) is 0 Å². The number of nitrogens with zero attached hydrogens (tertiary/aromatic N) is 2. The molecule has 2 aromatic carbocycles. The molecule has 2 aromatic heterocycles. The molecular weight excluding hydrogens is 430 g/mol. The summed E-state index contributed by atoms with van der Waals surface area (Å²) in [7, 11) is 0. The van der Waals surface area contributed by atoms with Gasteiger partial charge in [-0.2, -0.15) is 4.98 Å². The number of fused-ring (bicyclic) bond motifs is 1. The molecule has 0 saturated carbocycles. The van der Waals surface area contributed by atoms with Gasteiger partial charge in [0, 0.05) is 12.0 Å². The Labute approximate surface area is 189 Å². The van der Waals surface area contributed by atoms with Gasteiger partial charge in [-0.15, -0.1) is 0 Å². The first-order valence-corrected chi connectivity index (χ1v) is 10.8. The fourth-order valence-corrected chi connectivity index (χ4v) is 4.10. The Morgan fingerprint density at radius 1 is 1.03 bits per heavy atom. The second-order valence-corrected chi connectivity index (χ2v) is 8.18. The highest BCUT2D eigenvalue weighted by molar-refractivity contribution is 6.33. The number of rotatable bonds is 5. The van der Waals surface area contributed by atoms with Gasteiger partial charge in [0.2, 0.25) is 0 Å². The minimum absolute atomic E-state index is 0.226. The van der Waals surface area contributed by atoms with Crippen LogP contribution < -0.4 is 4.74 Å². The van der Waals surface area contributed by atoms with Crippen molar-refractivity contribution < 1.29 is 19.7 Å². The summed E-state index contributed by atoms with van der Waals surface area (Å²) in [4.78, 5) is 12.1. The van der Waals surface area contributed by atoms with Crippen LogP contribution in [0.4, 0.5) is 0 Å². The number of benzene rings is 2. The van der Waals surface area contributed by atoms with E-state index >= 15 is 0 Å². The lowest BCUT2D eigenvalue weighted by molar-refractivity contribution is -0.131. The molecule has 8 heteroatoms. The normalized spacial score (nSPS) is 21.0. The van der Waals surface area contributed by atoms with Crippen LogP contribution >= 0.6 is 11.6 Å². The molecule has 1 aliphatic rings. The maximum absolute atomic E-state index is 10.0. The van der Waals surface area contributed by atoms with Crippen molar-refractivity contribution in [1.29, 1.82) is 0 Å². The molecule has 0 unspecified atom stereocenters. The summed E-state index contributed by atoms with van der Waals surface area (Å²) in [6.07, 6.45) is -1.41. The molecule has 0 radical (unpaired) electrons. The van der Waals surface area contributed by atoms with Gasteiger partial charge in [0.15, 0.2) is 5.65 Å². The van der Waals surface area contributed by atoms with E-state index in [0.717, 1.165) is 16.7 Å². The van der Waals surface area contributed by atoms with Gasteiger partial charge >= 0.3 is 0 Å². The molecule has 0 amide bonds. The van der Waals surface area contributed by atoms with Gasteiger partial charge in [0.05, 0.1) is 30.0 Å². The van der Waals surface area contributed by atoms with Crippen LogP contribution in [0, 0.1) is 0 Å². The summed E-state index contributed by atoms with van der Waals surface area (Å²) in [6.45, 7) is 0.0303. The number of aliphatic hydroxyl groups is 2. The summed E-state index contributed by atoms with van der Waals surface area (Å²) in [5.74, 6) is 0. The van der Waals surface area contributed by atoms with Crippen molar-refractivity contribution in [2.45, 2.75) is 24.7 Å². The number of ether oxygens (including phenoxy) is 2. The highest BCUT2D eigenvalue weighted by atomic mass is 35.5. The van der Waals surface area contributed by atoms with Crippen LogP contribution in [-0.4, -0.2) is 56.7 Å². The van der Waals surface area contributed by atoms with Crippen molar-refractivity contribution in [3.63, 3.8) is 0 Å². The van der Waals surface area contributed by atoms with E-state index in [1.807, 2.05) is 42.5 Å². The molecule has 4 aromatic rings. The van der Waals surface area contributed by atoms with Gasteiger partial charge in [-0.1, -0.05) is 66.2 Å². The minimum Gasteiger partial charge on any atom is -0.459 e. The van der Waals surface area contributed by atoms with E-state index in [4.69, 9.17) is 21.1 Å². The van der Waals surface area contributed by atoms with Gasteiger partial charge in [-0.25, -0.2) is 4.98 Å². The Morgan fingerprint density at radius 2 is 1.75 bits per heavy atom. The molecule has 3 heterocycles. The number of pyridine rings is 1. The van der Waals surface area contributed by atoms with Crippen molar-refractivity contribution >= 4 is 22.8 Å². The van der Waals surface area contributed by atoms with E-state index in [-0.39, 0.29) is 25.3 Å². The highest BCUT2D eigenvalue weighted by Gasteiger charge is 2.31. The Balaban J connectivity index is 1.37. The molecule has 1 aliphatic heterocycles. The van der Waals surface area contributed by atoms with Gasteiger partial charge < -0.3 is 19.7 Å². The molecule has 1 saturated heterocycles. The highest BCUT2D eigenvalue weighted by Crippen LogP contribution is 2.31. The number of imidazole rings is 1. The van der Waals surface area contributed by atoms with Crippen molar-refractivity contribution in [3.05, 3.63) is 65.7 Å². The van der Waals surface area contributed by atoms with Crippen molar-refractivity contribution in [3.8, 4) is 28.4 Å². The number of aromatic amines is 1. The summed E-state index contributed by atoms with van der Waals surface area (Å²) in [5, 5.41) is 19.7. The number of H-pyrrole nitrogens is 1. The smallest absolute Gasteiger partial charge is 0.296 e. The van der Waals surface area contributed by atoms with Gasteiger partial charge in [0.25, 0.3) is 6.01 Å². The summed E-state index contributed by atoms with van der Waals surface area (Å²) in [5.41, 5.74) is 4.94. The lowest BCUT2D eigenvalue weighted by Crippen LogP contribution is -2.45. The van der Waals surface area contributed by atoms with Crippen molar-refractivity contribution in [2.75, 3.05) is 13.2 Å². The van der Waals surface area contributed by atoms with Crippen LogP contribution in [0.5, 0.6) is 6.01 Å². The van der Waals surface area contributed by atoms with Crippen LogP contribution in [0.3, 0.4) is 0 Å². The van der Waals surface area contributed by atoms with E-state index < -0.39 is 12.2 Å². The van der Waals surface area contributed by atoms with Crippen LogP contribution in [0.15, 0.2) is 60.7 Å². The summed E-state index contributed by atoms with van der Waals surface area (Å²) in [6, 6.07) is 20.3. The third-order valence-corrected chi connectivity index (χ3v) is 5.84. The monoisotopic (exact) mass is 451 g/mol. The van der Waals surface area contributed by atoms with E-state index in [1.54, 1.807) is 6.07 Å². The van der Waals surface area contributed by atoms with Gasteiger partial charge in [-0.3, -0.25) is 4.98 Å². The van der Waals surface area contributed by atoms with E-state index in [1.165, 1.54) is 0 Å². The molecule has 5 rings (SSSR count). The third kappa shape index (κ3) is 4.20. The van der Waals surface area contributed by atoms with E-state index in [9.17, 15) is 10.2 Å². The van der Waals surface area contributed by atoms with Crippen LogP contribution in [0.1, 0.15) is 6.42 Å². The lowest BCUT2D eigenvalue weighted by Gasteiger charge is -2.31. The third-order valence-electron chi connectivity index (χ3n) is 5.56. The fraction of sp³-hybridized carbons (Fsp3) is 0.250. The molecule has 0 spiro atoms. The molecule has 1 fully saturated rings. The van der Waals surface area contributed by atoms with Gasteiger partial charge in [-0.05, 0) is 17.2 Å². The topological polar surface area (TPSA) is 100 Å². The predicted molar refractivity (Wildman–Crippen MR) is 122 cm³/mol. The summed E-state index contributed by atoms with van der Waals surface area (Å²) < 4.78 is 11.3. The first-order chi connectivity index (χ1) is 15.6. The standard InChI is InChI=1S/C24H22ClN3O4/c25-18-11-19-23(28-24(26-19)32-17-10-20(30)21(12-29)31-13-17)27-22(18)16-8-6-15(7-9-16)14-4-2-1-3-5-14/h1-9,11,17,20-21,29-30H,10,12-13H2,(H,26,27,28)/t17-,20-,21-/m1/s1. The zero-order valence-electron chi connectivity index (χ0n) is 17.1. The molecule has 32 heavy (non-hydrogen) atoms. The SMILES string of the molecule is OC[C@H]1OC[C@H](Oc2nc3cc(Cl)c(-c4ccc(-c5ccccc5)cc4)nc3[nH]2)C[C@H]1O. The van der Waals surface area contributed by atoms with Crippen LogP contribution in [-0.2, 0) is 4.74 Å². The number of hydrogen-bond acceptors (Lipinski definition) is 6. The summed E-state index contributed by atoms with van der Waals surface area (Å²) >= 11 is 6.51. The Hall–Kier alpha value is -2.97. The Morgan fingerprint density at radius 3 is 2.47 bits per heavy atom. The van der Waals surface area contributed by atoms with E-state index in [0.29, 0.717) is 28.3 Å². The predicted octanol–water partition coefficient (Wildman–Crippen LogP) is 3.83. The zero-order valence-corrected chi connectivity index (χ0v) is 17.9. The van der Waals surface area contributed by atoms with E-state index in [2.05, 4.69) is 27.1 Å². The largest absolute Gasteiger partial charge is 0.459 e.